The molecule has 112 valence electrons. The van der Waals surface area contributed by atoms with Crippen LogP contribution in [0.5, 0.6) is 5.75 Å². The fraction of sp³-hybridized carbons (Fsp3) is 0.533. The second-order valence-electron chi connectivity index (χ2n) is 5.37. The Morgan fingerprint density at radius 3 is 2.50 bits per heavy atom. The Hall–Kier alpha value is -1.62. The van der Waals surface area contributed by atoms with Crippen molar-refractivity contribution >= 4 is 5.91 Å². The van der Waals surface area contributed by atoms with Crippen molar-refractivity contribution in [2.75, 3.05) is 6.54 Å². The number of hydrogen-bond acceptors (Lipinski definition) is 3. The third-order valence-corrected chi connectivity index (χ3v) is 2.83. The maximum absolute atomic E-state index is 13.7. The van der Waals surface area contributed by atoms with Gasteiger partial charge in [0.1, 0.15) is 11.6 Å². The summed E-state index contributed by atoms with van der Waals surface area (Å²) >= 11 is 0. The molecule has 2 atom stereocenters. The Balaban J connectivity index is 2.64. The van der Waals surface area contributed by atoms with E-state index in [2.05, 4.69) is 5.32 Å². The standard InChI is InChI=1S/C15H23FN2O2/c1-9(2)8-18-15(19)11(4)20-12-5-6-13(10(3)17)14(16)7-12/h5-7,9-11H,8,17H2,1-4H3,(H,18,19). The Morgan fingerprint density at radius 1 is 1.35 bits per heavy atom. The van der Waals surface area contributed by atoms with Crippen LogP contribution in [0.15, 0.2) is 18.2 Å². The molecule has 1 aromatic rings. The summed E-state index contributed by atoms with van der Waals surface area (Å²) in [6.07, 6.45) is -0.672. The Bertz CT molecular complexity index is 461. The third-order valence-electron chi connectivity index (χ3n) is 2.83. The van der Waals surface area contributed by atoms with Crippen LogP contribution in [0.2, 0.25) is 0 Å². The van der Waals surface area contributed by atoms with E-state index in [1.54, 1.807) is 26.0 Å². The van der Waals surface area contributed by atoms with E-state index in [1.807, 2.05) is 13.8 Å². The molecule has 1 aromatic carbocycles. The molecule has 0 aliphatic carbocycles. The quantitative estimate of drug-likeness (QED) is 0.842. The molecular weight excluding hydrogens is 259 g/mol. The number of halogens is 1. The minimum Gasteiger partial charge on any atom is -0.481 e. The maximum Gasteiger partial charge on any atom is 0.260 e. The second kappa shape index (κ2) is 7.24. The molecule has 0 bridgehead atoms. The van der Waals surface area contributed by atoms with Crippen molar-refractivity contribution in [2.24, 2.45) is 11.7 Å². The maximum atomic E-state index is 13.7. The smallest absolute Gasteiger partial charge is 0.260 e. The van der Waals surface area contributed by atoms with Crippen molar-refractivity contribution < 1.29 is 13.9 Å². The molecule has 0 aliphatic rings. The van der Waals surface area contributed by atoms with Crippen LogP contribution in [0, 0.1) is 11.7 Å². The summed E-state index contributed by atoms with van der Waals surface area (Å²) in [4.78, 5) is 11.8. The molecule has 20 heavy (non-hydrogen) atoms. The normalized spacial score (nSPS) is 13.9. The van der Waals surface area contributed by atoms with E-state index in [1.165, 1.54) is 6.07 Å². The van der Waals surface area contributed by atoms with E-state index in [9.17, 15) is 9.18 Å². The molecule has 0 aromatic heterocycles. The molecule has 0 heterocycles. The summed E-state index contributed by atoms with van der Waals surface area (Å²) in [5.74, 6) is 0.0516. The highest BCUT2D eigenvalue weighted by Gasteiger charge is 2.16. The van der Waals surface area contributed by atoms with E-state index in [4.69, 9.17) is 10.5 Å². The minimum atomic E-state index is -0.672. The molecule has 1 amide bonds. The summed E-state index contributed by atoms with van der Waals surface area (Å²) in [6.45, 7) is 7.94. The van der Waals surface area contributed by atoms with Crippen molar-refractivity contribution in [3.63, 3.8) is 0 Å². The first-order valence-electron chi connectivity index (χ1n) is 6.80. The Kier molecular flexibility index (Phi) is 5.95. The van der Waals surface area contributed by atoms with Crippen molar-refractivity contribution in [3.8, 4) is 5.75 Å². The van der Waals surface area contributed by atoms with E-state index in [0.717, 1.165) is 0 Å². The molecule has 3 N–H and O–H groups in total. The van der Waals surface area contributed by atoms with Gasteiger partial charge in [-0.2, -0.15) is 0 Å². The number of rotatable bonds is 6. The van der Waals surface area contributed by atoms with Crippen LogP contribution in [0.3, 0.4) is 0 Å². The molecule has 0 saturated carbocycles. The lowest BCUT2D eigenvalue weighted by Crippen LogP contribution is -2.38. The predicted octanol–water partition coefficient (Wildman–Crippen LogP) is 2.38. The Labute approximate surface area is 119 Å². The molecule has 0 radical (unpaired) electrons. The van der Waals surface area contributed by atoms with Gasteiger partial charge in [0.15, 0.2) is 6.10 Å². The zero-order valence-electron chi connectivity index (χ0n) is 12.4. The molecule has 4 nitrogen and oxygen atoms in total. The summed E-state index contributed by atoms with van der Waals surface area (Å²) < 4.78 is 19.2. The van der Waals surface area contributed by atoms with Gasteiger partial charge in [-0.15, -0.1) is 0 Å². The van der Waals surface area contributed by atoms with Gasteiger partial charge < -0.3 is 15.8 Å². The van der Waals surface area contributed by atoms with E-state index >= 15 is 0 Å². The number of amides is 1. The van der Waals surface area contributed by atoms with Gasteiger partial charge in [-0.1, -0.05) is 19.9 Å². The van der Waals surface area contributed by atoms with Crippen molar-refractivity contribution in [1.82, 2.24) is 5.32 Å². The average Bonchev–Trinajstić information content (AvgIpc) is 2.35. The molecule has 0 spiro atoms. The summed E-state index contributed by atoms with van der Waals surface area (Å²) in [5.41, 5.74) is 6.06. The van der Waals surface area contributed by atoms with Crippen LogP contribution < -0.4 is 15.8 Å². The third kappa shape index (κ3) is 4.81. The summed E-state index contributed by atoms with van der Waals surface area (Å²) in [6, 6.07) is 4.07. The van der Waals surface area contributed by atoms with Crippen LogP contribution >= 0.6 is 0 Å². The van der Waals surface area contributed by atoms with Gasteiger partial charge in [-0.05, 0) is 25.8 Å². The van der Waals surface area contributed by atoms with Gasteiger partial charge in [-0.25, -0.2) is 4.39 Å². The predicted molar refractivity (Wildman–Crippen MR) is 76.9 cm³/mol. The molecule has 1 rings (SSSR count). The van der Waals surface area contributed by atoms with Gasteiger partial charge in [0.2, 0.25) is 0 Å². The lowest BCUT2D eigenvalue weighted by molar-refractivity contribution is -0.127. The summed E-state index contributed by atoms with van der Waals surface area (Å²) in [7, 11) is 0. The zero-order valence-corrected chi connectivity index (χ0v) is 12.4. The number of benzene rings is 1. The van der Waals surface area contributed by atoms with Gasteiger partial charge in [-0.3, -0.25) is 4.79 Å². The number of carbonyl (C=O) groups is 1. The minimum absolute atomic E-state index is 0.213. The first kappa shape index (κ1) is 16.4. The number of hydrogen-bond donors (Lipinski definition) is 2. The van der Waals surface area contributed by atoms with Gasteiger partial charge in [0.25, 0.3) is 5.91 Å². The van der Waals surface area contributed by atoms with Crippen molar-refractivity contribution in [3.05, 3.63) is 29.6 Å². The van der Waals surface area contributed by atoms with Crippen molar-refractivity contribution in [2.45, 2.75) is 39.8 Å². The highest BCUT2D eigenvalue weighted by atomic mass is 19.1. The largest absolute Gasteiger partial charge is 0.481 e. The van der Waals surface area contributed by atoms with Gasteiger partial charge >= 0.3 is 0 Å². The molecule has 0 saturated heterocycles. The van der Waals surface area contributed by atoms with E-state index in [0.29, 0.717) is 23.8 Å². The number of nitrogens with one attached hydrogen (secondary N) is 1. The summed E-state index contributed by atoms with van der Waals surface area (Å²) in [5, 5.41) is 2.77. The number of carbonyl (C=O) groups excluding carboxylic acids is 1. The average molecular weight is 282 g/mol. The molecule has 5 heteroatoms. The second-order valence-corrected chi connectivity index (χ2v) is 5.37. The molecule has 0 aliphatic heterocycles. The number of ether oxygens (including phenoxy) is 1. The Morgan fingerprint density at radius 2 is 2.00 bits per heavy atom. The highest BCUT2D eigenvalue weighted by molar-refractivity contribution is 5.80. The van der Waals surface area contributed by atoms with E-state index < -0.39 is 11.9 Å². The van der Waals surface area contributed by atoms with Crippen LogP contribution in [0.1, 0.15) is 39.3 Å². The SMILES string of the molecule is CC(C)CNC(=O)C(C)Oc1ccc(C(C)N)c(F)c1. The monoisotopic (exact) mass is 282 g/mol. The fourth-order valence-corrected chi connectivity index (χ4v) is 1.66. The molecule has 2 unspecified atom stereocenters. The first-order chi connectivity index (χ1) is 9.31. The van der Waals surface area contributed by atoms with Crippen LogP contribution in [-0.2, 0) is 4.79 Å². The van der Waals surface area contributed by atoms with Gasteiger partial charge in [0, 0.05) is 24.2 Å². The van der Waals surface area contributed by atoms with Crippen LogP contribution in [0.25, 0.3) is 0 Å². The molecule has 0 fully saturated rings. The van der Waals surface area contributed by atoms with E-state index in [-0.39, 0.29) is 11.9 Å². The van der Waals surface area contributed by atoms with Crippen molar-refractivity contribution in [1.29, 1.82) is 0 Å². The van der Waals surface area contributed by atoms with Crippen LogP contribution in [-0.4, -0.2) is 18.6 Å². The van der Waals surface area contributed by atoms with Crippen LogP contribution in [0.4, 0.5) is 4.39 Å². The van der Waals surface area contributed by atoms with Gasteiger partial charge in [0.05, 0.1) is 0 Å². The number of nitrogens with two attached hydrogens (primary N) is 1. The molecular formula is C15H23FN2O2. The lowest BCUT2D eigenvalue weighted by atomic mass is 10.1. The highest BCUT2D eigenvalue weighted by Crippen LogP contribution is 2.21. The first-order valence-corrected chi connectivity index (χ1v) is 6.80. The zero-order chi connectivity index (χ0) is 15.3. The fourth-order valence-electron chi connectivity index (χ4n) is 1.66. The topological polar surface area (TPSA) is 64.3 Å². The lowest BCUT2D eigenvalue weighted by Gasteiger charge is -2.16.